The van der Waals surface area contributed by atoms with Crippen molar-refractivity contribution in [1.82, 2.24) is 14.9 Å². The first kappa shape index (κ1) is 29.2. The Morgan fingerprint density at radius 2 is 1.70 bits per heavy atom. The van der Waals surface area contributed by atoms with Crippen LogP contribution in [0.4, 0.5) is 11.4 Å². The van der Waals surface area contributed by atoms with Crippen molar-refractivity contribution in [2.45, 2.75) is 46.2 Å². The van der Waals surface area contributed by atoms with Crippen molar-refractivity contribution in [2.24, 2.45) is 11.8 Å². The quantitative estimate of drug-likeness (QED) is 0.218. The highest BCUT2D eigenvalue weighted by Crippen LogP contribution is 2.45. The second-order valence-corrected chi connectivity index (χ2v) is 12.8. The van der Waals surface area contributed by atoms with Gasteiger partial charge in [-0.15, -0.1) is 0 Å². The van der Waals surface area contributed by atoms with Gasteiger partial charge in [0, 0.05) is 42.0 Å². The fourth-order valence-corrected chi connectivity index (χ4v) is 7.59. The molecular weight excluding hydrogens is 578 g/mol. The second kappa shape index (κ2) is 11.7. The van der Waals surface area contributed by atoms with E-state index < -0.39 is 5.97 Å². The predicted octanol–water partition coefficient (Wildman–Crippen LogP) is 7.50. The number of benzene rings is 2. The first-order valence-corrected chi connectivity index (χ1v) is 15.5. The Kier molecular flexibility index (Phi) is 7.92. The standard InChI is InChI=1S/C34H36ClN5O2S/c1-20-15-21(2)19-38(18-20)30-13-12-26(17-28(30)35)40-32(31(37-34(40)43)29-7-5-6-14-36-29)27-16-22(3)39(23(27)4)25-10-8-24(9-11-25)33(41)42/h5-14,16-17,20-21,31-32H,15,18-19H2,1-4H3,(H,37,43)(H,41,42)/t20-,21-,31+,32-/m1/s1. The lowest BCUT2D eigenvalue weighted by Crippen LogP contribution is -2.38. The van der Waals surface area contributed by atoms with E-state index in [1.54, 1.807) is 18.3 Å². The molecule has 0 spiro atoms. The van der Waals surface area contributed by atoms with Gasteiger partial charge in [-0.05, 0) is 111 Å². The number of aryl methyl sites for hydroxylation is 1. The van der Waals surface area contributed by atoms with Gasteiger partial charge in [0.15, 0.2) is 5.11 Å². The minimum atomic E-state index is -0.943. The molecular formula is C34H36ClN5O2S. The number of anilines is 2. The van der Waals surface area contributed by atoms with Crippen molar-refractivity contribution in [2.75, 3.05) is 22.9 Å². The lowest BCUT2D eigenvalue weighted by atomic mass is 9.91. The number of carbonyl (C=O) groups is 1. The Morgan fingerprint density at radius 3 is 2.33 bits per heavy atom. The van der Waals surface area contributed by atoms with Crippen molar-refractivity contribution in [3.8, 4) is 5.69 Å². The summed E-state index contributed by atoms with van der Waals surface area (Å²) in [6, 6.07) is 21.0. The molecule has 2 N–H and O–H groups in total. The molecule has 2 fully saturated rings. The van der Waals surface area contributed by atoms with Gasteiger partial charge in [0.25, 0.3) is 0 Å². The summed E-state index contributed by atoms with van der Waals surface area (Å²) in [5, 5.41) is 14.3. The summed E-state index contributed by atoms with van der Waals surface area (Å²) in [5.41, 5.74) is 7.21. The number of aromatic nitrogens is 2. The maximum atomic E-state index is 11.4. The number of nitrogens with one attached hydrogen (secondary N) is 1. The first-order chi connectivity index (χ1) is 20.6. The summed E-state index contributed by atoms with van der Waals surface area (Å²) in [5.74, 6) is 0.296. The molecule has 2 aromatic carbocycles. The molecule has 4 aromatic rings. The minimum absolute atomic E-state index is 0.195. The molecule has 2 saturated heterocycles. The van der Waals surface area contributed by atoms with Gasteiger partial charge in [-0.1, -0.05) is 31.5 Å². The molecule has 2 aliphatic rings. The average molecular weight is 614 g/mol. The molecule has 0 saturated carbocycles. The van der Waals surface area contributed by atoms with E-state index >= 15 is 0 Å². The van der Waals surface area contributed by atoms with E-state index in [1.165, 1.54) is 6.42 Å². The van der Waals surface area contributed by atoms with E-state index in [-0.39, 0.29) is 17.6 Å². The fraction of sp³-hybridized carbons (Fsp3) is 0.324. The fourth-order valence-electron chi connectivity index (χ4n) is 6.95. The predicted molar refractivity (Wildman–Crippen MR) is 177 cm³/mol. The Hall–Kier alpha value is -3.88. The third kappa shape index (κ3) is 5.50. The second-order valence-electron chi connectivity index (χ2n) is 12.0. The van der Waals surface area contributed by atoms with Crippen molar-refractivity contribution in [3.05, 3.63) is 106 Å². The lowest BCUT2D eigenvalue weighted by Gasteiger charge is -2.37. The number of carboxylic acids is 1. The average Bonchev–Trinajstić information content (AvgIpc) is 3.47. The zero-order valence-corrected chi connectivity index (χ0v) is 26.4. The van der Waals surface area contributed by atoms with E-state index in [0.717, 1.165) is 52.8 Å². The maximum Gasteiger partial charge on any atom is 0.335 e. The molecule has 0 radical (unpaired) electrons. The number of nitrogens with zero attached hydrogens (tertiary/aromatic N) is 4. The highest BCUT2D eigenvalue weighted by atomic mass is 35.5. The van der Waals surface area contributed by atoms with Crippen molar-refractivity contribution in [1.29, 1.82) is 0 Å². The zero-order chi connectivity index (χ0) is 30.4. The molecule has 0 bridgehead atoms. The van der Waals surface area contributed by atoms with Crippen LogP contribution in [-0.2, 0) is 0 Å². The highest BCUT2D eigenvalue weighted by molar-refractivity contribution is 7.80. The molecule has 4 heterocycles. The normalized spacial score (nSPS) is 22.1. The van der Waals surface area contributed by atoms with E-state index in [0.29, 0.717) is 22.0 Å². The number of piperidine rings is 1. The number of aromatic carboxylic acids is 1. The van der Waals surface area contributed by atoms with Crippen LogP contribution in [-0.4, -0.2) is 38.8 Å². The number of rotatable bonds is 6. The summed E-state index contributed by atoms with van der Waals surface area (Å²) in [7, 11) is 0. The topological polar surface area (TPSA) is 73.6 Å². The Bertz CT molecular complexity index is 1660. The van der Waals surface area contributed by atoms with Crippen LogP contribution in [0.1, 0.15) is 65.4 Å². The molecule has 0 unspecified atom stereocenters. The number of carboxylic acid groups (broad SMARTS) is 1. The van der Waals surface area contributed by atoms with Gasteiger partial charge in [0.05, 0.1) is 34.1 Å². The van der Waals surface area contributed by atoms with Gasteiger partial charge >= 0.3 is 5.97 Å². The van der Waals surface area contributed by atoms with Crippen LogP contribution in [0.2, 0.25) is 5.02 Å². The van der Waals surface area contributed by atoms with E-state index in [1.807, 2.05) is 36.4 Å². The van der Waals surface area contributed by atoms with Crippen LogP contribution < -0.4 is 15.1 Å². The number of hydrogen-bond donors (Lipinski definition) is 2. The summed E-state index contributed by atoms with van der Waals surface area (Å²) in [6.45, 7) is 10.8. The van der Waals surface area contributed by atoms with Crippen LogP contribution in [0.5, 0.6) is 0 Å². The van der Waals surface area contributed by atoms with E-state index in [4.69, 9.17) is 28.8 Å². The zero-order valence-electron chi connectivity index (χ0n) is 24.8. The largest absolute Gasteiger partial charge is 0.478 e. The van der Waals surface area contributed by atoms with Gasteiger partial charge in [-0.25, -0.2) is 4.79 Å². The number of halogens is 1. The molecule has 9 heteroatoms. The highest BCUT2D eigenvalue weighted by Gasteiger charge is 2.42. The molecule has 2 aromatic heterocycles. The molecule has 6 rings (SSSR count). The molecule has 2 aliphatic heterocycles. The van der Waals surface area contributed by atoms with Gasteiger partial charge in [0.2, 0.25) is 0 Å². The lowest BCUT2D eigenvalue weighted by molar-refractivity contribution is 0.0697. The molecule has 0 amide bonds. The van der Waals surface area contributed by atoms with Gasteiger partial charge in [-0.3, -0.25) is 4.98 Å². The summed E-state index contributed by atoms with van der Waals surface area (Å²) in [4.78, 5) is 20.7. The number of pyridine rings is 1. The van der Waals surface area contributed by atoms with Crippen LogP contribution in [0, 0.1) is 25.7 Å². The molecule has 0 aliphatic carbocycles. The third-order valence-corrected chi connectivity index (χ3v) is 9.30. The maximum absolute atomic E-state index is 11.4. The van der Waals surface area contributed by atoms with E-state index in [9.17, 15) is 9.90 Å². The van der Waals surface area contributed by atoms with Gasteiger partial charge < -0.3 is 24.8 Å². The molecule has 222 valence electrons. The third-order valence-electron chi connectivity index (χ3n) is 8.68. The molecule has 4 atom stereocenters. The summed E-state index contributed by atoms with van der Waals surface area (Å²) < 4.78 is 2.16. The summed E-state index contributed by atoms with van der Waals surface area (Å²) >= 11 is 13.0. The molecule has 7 nitrogen and oxygen atoms in total. The van der Waals surface area contributed by atoms with Crippen LogP contribution in [0.25, 0.3) is 5.69 Å². The van der Waals surface area contributed by atoms with Crippen LogP contribution >= 0.6 is 23.8 Å². The summed E-state index contributed by atoms with van der Waals surface area (Å²) in [6.07, 6.45) is 3.04. The van der Waals surface area contributed by atoms with Crippen LogP contribution in [0.3, 0.4) is 0 Å². The van der Waals surface area contributed by atoms with Crippen molar-refractivity contribution in [3.63, 3.8) is 0 Å². The van der Waals surface area contributed by atoms with Gasteiger partial charge in [-0.2, -0.15) is 0 Å². The van der Waals surface area contributed by atoms with Crippen LogP contribution in [0.15, 0.2) is 72.9 Å². The SMILES string of the molecule is Cc1cc([C@@H]2[C@H](c3ccccn3)NC(=S)N2c2ccc(N3C[C@H](C)C[C@@H](C)C3)c(Cl)c2)c(C)n1-c1ccc(C(=O)O)cc1. The monoisotopic (exact) mass is 613 g/mol. The number of thiocarbonyl (C=S) groups is 1. The molecule has 43 heavy (non-hydrogen) atoms. The first-order valence-electron chi connectivity index (χ1n) is 14.7. The van der Waals surface area contributed by atoms with Gasteiger partial charge in [0.1, 0.15) is 0 Å². The minimum Gasteiger partial charge on any atom is -0.478 e. The smallest absolute Gasteiger partial charge is 0.335 e. The van der Waals surface area contributed by atoms with Crippen molar-refractivity contribution < 1.29 is 9.90 Å². The van der Waals surface area contributed by atoms with E-state index in [2.05, 4.69) is 65.6 Å². The Morgan fingerprint density at radius 1 is 1.00 bits per heavy atom. The van der Waals surface area contributed by atoms with Crippen molar-refractivity contribution >= 4 is 46.3 Å². The Labute approximate surface area is 263 Å². The Balaban J connectivity index is 1.43. The number of hydrogen-bond acceptors (Lipinski definition) is 4.